The lowest BCUT2D eigenvalue weighted by Crippen LogP contribution is -2.19. The Balaban J connectivity index is 2.16. The molecule has 0 radical (unpaired) electrons. The van der Waals surface area contributed by atoms with Gasteiger partial charge in [-0.3, -0.25) is 9.59 Å². The van der Waals surface area contributed by atoms with Crippen molar-refractivity contribution in [1.29, 1.82) is 0 Å². The van der Waals surface area contributed by atoms with E-state index in [4.69, 9.17) is 5.14 Å². The third-order valence-corrected chi connectivity index (χ3v) is 6.94. The molecule has 2 aromatic carbocycles. The largest absolute Gasteiger partial charge is 0.469 e. The van der Waals surface area contributed by atoms with Crippen LogP contribution < -0.4 is 9.94 Å². The standard InChI is InChI=1S/C18H16IN3O5S2/c1-27-16(23)8-9-22-14-7-6-11(29(20,25)26)10-15(14)28-18(22)21-17(24)12-4-2-3-5-13(12)19/h2-7,10H,8-9H2,1H3,(H2,20,25,26). The third kappa shape index (κ3) is 4.91. The molecule has 0 unspecified atom stereocenters. The van der Waals surface area contributed by atoms with E-state index in [1.165, 1.54) is 19.2 Å². The predicted molar refractivity (Wildman–Crippen MR) is 117 cm³/mol. The second-order valence-corrected chi connectivity index (χ2v) is 9.67. The zero-order valence-corrected chi connectivity index (χ0v) is 19.0. The highest BCUT2D eigenvalue weighted by Gasteiger charge is 2.15. The summed E-state index contributed by atoms with van der Waals surface area (Å²) in [6.45, 7) is 0.222. The number of primary sulfonamides is 1. The van der Waals surface area contributed by atoms with Crippen molar-refractivity contribution in [3.05, 3.63) is 56.4 Å². The van der Waals surface area contributed by atoms with Crippen LogP contribution in [0, 0.1) is 3.57 Å². The lowest BCUT2D eigenvalue weighted by Gasteiger charge is -2.05. The van der Waals surface area contributed by atoms with Crippen molar-refractivity contribution in [3.8, 4) is 0 Å². The molecule has 0 fully saturated rings. The molecule has 1 amide bonds. The number of methoxy groups -OCH3 is 1. The summed E-state index contributed by atoms with van der Waals surface area (Å²) >= 11 is 3.20. The Kier molecular flexibility index (Phi) is 6.51. The fraction of sp³-hybridized carbons (Fsp3) is 0.167. The summed E-state index contributed by atoms with van der Waals surface area (Å²) in [6.07, 6.45) is 0.0729. The first kappa shape index (κ1) is 21.6. The Morgan fingerprint density at radius 3 is 2.62 bits per heavy atom. The van der Waals surface area contributed by atoms with E-state index in [2.05, 4.69) is 32.3 Å². The van der Waals surface area contributed by atoms with Gasteiger partial charge in [0.15, 0.2) is 4.80 Å². The fourth-order valence-electron chi connectivity index (χ4n) is 2.62. The molecule has 0 aliphatic rings. The van der Waals surface area contributed by atoms with Gasteiger partial charge >= 0.3 is 5.97 Å². The molecule has 0 aliphatic heterocycles. The maximum atomic E-state index is 12.7. The number of hydrogen-bond donors (Lipinski definition) is 1. The summed E-state index contributed by atoms with van der Waals surface area (Å²) in [4.78, 5) is 28.8. The van der Waals surface area contributed by atoms with Crippen molar-refractivity contribution in [2.75, 3.05) is 7.11 Å². The monoisotopic (exact) mass is 545 g/mol. The number of halogens is 1. The highest BCUT2D eigenvalue weighted by Crippen LogP contribution is 2.22. The van der Waals surface area contributed by atoms with Crippen molar-refractivity contribution in [3.63, 3.8) is 0 Å². The number of carbonyl (C=O) groups excluding carboxylic acids is 2. The number of nitrogens with zero attached hydrogens (tertiary/aromatic N) is 2. The van der Waals surface area contributed by atoms with E-state index in [1.54, 1.807) is 28.8 Å². The number of thiazole rings is 1. The minimum Gasteiger partial charge on any atom is -0.469 e. The molecular weight excluding hydrogens is 529 g/mol. The van der Waals surface area contributed by atoms with Gasteiger partial charge in [-0.1, -0.05) is 23.5 Å². The van der Waals surface area contributed by atoms with E-state index < -0.39 is 21.9 Å². The molecule has 0 bridgehead atoms. The molecule has 0 spiro atoms. The Bertz CT molecular complexity index is 1280. The number of hydrogen-bond acceptors (Lipinski definition) is 6. The number of sulfonamides is 1. The molecule has 0 saturated carbocycles. The molecule has 0 atom stereocenters. The summed E-state index contributed by atoms with van der Waals surface area (Å²) in [7, 11) is -2.58. The van der Waals surface area contributed by atoms with Crippen molar-refractivity contribution in [1.82, 2.24) is 4.57 Å². The second-order valence-electron chi connectivity index (χ2n) is 5.93. The van der Waals surface area contributed by atoms with Crippen LogP contribution in [-0.2, 0) is 26.1 Å². The number of nitrogens with two attached hydrogens (primary N) is 1. The van der Waals surface area contributed by atoms with Crippen molar-refractivity contribution < 1.29 is 22.7 Å². The molecule has 2 N–H and O–H groups in total. The van der Waals surface area contributed by atoms with Crippen molar-refractivity contribution in [2.45, 2.75) is 17.9 Å². The predicted octanol–water partition coefficient (Wildman–Crippen LogP) is 2.26. The number of rotatable bonds is 5. The maximum Gasteiger partial charge on any atom is 0.307 e. The van der Waals surface area contributed by atoms with E-state index in [0.717, 1.165) is 14.9 Å². The number of amides is 1. The lowest BCUT2D eigenvalue weighted by molar-refractivity contribution is -0.140. The van der Waals surface area contributed by atoms with E-state index >= 15 is 0 Å². The maximum absolute atomic E-state index is 12.7. The van der Waals surface area contributed by atoms with Gasteiger partial charge in [-0.05, 0) is 52.9 Å². The first-order valence-electron chi connectivity index (χ1n) is 8.27. The van der Waals surface area contributed by atoms with Gasteiger partial charge in [-0.2, -0.15) is 4.99 Å². The number of benzene rings is 2. The van der Waals surface area contributed by atoms with Crippen LogP contribution in [0.1, 0.15) is 16.8 Å². The average Bonchev–Trinajstić information content (AvgIpc) is 3.01. The highest BCUT2D eigenvalue weighted by atomic mass is 127. The van der Waals surface area contributed by atoms with Gasteiger partial charge in [-0.15, -0.1) is 0 Å². The summed E-state index contributed by atoms with van der Waals surface area (Å²) in [6, 6.07) is 11.4. The SMILES string of the molecule is COC(=O)CCn1c(=NC(=O)c2ccccc2I)sc2cc(S(N)(=O)=O)ccc21. The smallest absolute Gasteiger partial charge is 0.307 e. The number of aromatic nitrogens is 1. The molecule has 11 heteroatoms. The quantitative estimate of drug-likeness (QED) is 0.390. The van der Waals surface area contributed by atoms with Gasteiger partial charge in [-0.25, -0.2) is 13.6 Å². The van der Waals surface area contributed by atoms with Gasteiger partial charge in [0, 0.05) is 10.1 Å². The Labute approximate surface area is 184 Å². The number of fused-ring (bicyclic) bond motifs is 1. The topological polar surface area (TPSA) is 121 Å². The van der Waals surface area contributed by atoms with Crippen LogP contribution in [0.4, 0.5) is 0 Å². The van der Waals surface area contributed by atoms with Crippen molar-refractivity contribution in [2.24, 2.45) is 10.1 Å². The molecule has 29 heavy (non-hydrogen) atoms. The Morgan fingerprint density at radius 1 is 1.24 bits per heavy atom. The van der Waals surface area contributed by atoms with E-state index in [0.29, 0.717) is 20.6 Å². The van der Waals surface area contributed by atoms with Crippen LogP contribution in [0.5, 0.6) is 0 Å². The molecular formula is C18H16IN3O5S2. The van der Waals surface area contributed by atoms with Crippen LogP contribution in [0.2, 0.25) is 0 Å². The average molecular weight is 545 g/mol. The molecule has 152 valence electrons. The van der Waals surface area contributed by atoms with Crippen LogP contribution in [0.15, 0.2) is 52.4 Å². The summed E-state index contributed by atoms with van der Waals surface area (Å²) in [5.41, 5.74) is 1.09. The van der Waals surface area contributed by atoms with E-state index in [1.807, 2.05) is 6.07 Å². The number of aryl methyl sites for hydroxylation is 1. The third-order valence-electron chi connectivity index (χ3n) is 4.05. The molecule has 0 saturated heterocycles. The van der Waals surface area contributed by atoms with Crippen LogP contribution in [0.3, 0.4) is 0 Å². The zero-order chi connectivity index (χ0) is 21.2. The van der Waals surface area contributed by atoms with Crippen LogP contribution in [-0.4, -0.2) is 32.0 Å². The summed E-state index contributed by atoms with van der Waals surface area (Å²) in [5.74, 6) is -0.840. The molecule has 1 heterocycles. The Morgan fingerprint density at radius 2 is 1.97 bits per heavy atom. The summed E-state index contributed by atoms with van der Waals surface area (Å²) in [5, 5.41) is 5.21. The molecule has 8 nitrogen and oxygen atoms in total. The zero-order valence-electron chi connectivity index (χ0n) is 15.2. The van der Waals surface area contributed by atoms with E-state index in [9.17, 15) is 18.0 Å². The van der Waals surface area contributed by atoms with Gasteiger partial charge < -0.3 is 9.30 Å². The van der Waals surface area contributed by atoms with Gasteiger partial charge in [0.25, 0.3) is 5.91 Å². The minimum atomic E-state index is -3.87. The normalized spacial score (nSPS) is 12.3. The molecule has 1 aromatic heterocycles. The minimum absolute atomic E-state index is 0.0400. The first-order valence-corrected chi connectivity index (χ1v) is 11.7. The van der Waals surface area contributed by atoms with E-state index in [-0.39, 0.29) is 17.9 Å². The van der Waals surface area contributed by atoms with Gasteiger partial charge in [0.05, 0.1) is 34.2 Å². The fourth-order valence-corrected chi connectivity index (χ4v) is 4.95. The van der Waals surface area contributed by atoms with Gasteiger partial charge in [0.2, 0.25) is 10.0 Å². The number of ether oxygens (including phenoxy) is 1. The molecule has 0 aliphatic carbocycles. The highest BCUT2D eigenvalue weighted by molar-refractivity contribution is 14.1. The first-order chi connectivity index (χ1) is 13.7. The van der Waals surface area contributed by atoms with Crippen molar-refractivity contribution >= 4 is 66.0 Å². The second kappa shape index (κ2) is 8.73. The molecule has 3 aromatic rings. The number of carbonyl (C=O) groups is 2. The lowest BCUT2D eigenvalue weighted by atomic mass is 10.2. The van der Waals surface area contributed by atoms with Gasteiger partial charge in [0.1, 0.15) is 0 Å². The van der Waals surface area contributed by atoms with Crippen LogP contribution in [0.25, 0.3) is 10.2 Å². The van der Waals surface area contributed by atoms with Crippen LogP contribution >= 0.6 is 33.9 Å². The number of esters is 1. The Hall–Kier alpha value is -2.09. The summed E-state index contributed by atoms with van der Waals surface area (Å²) < 4.78 is 31.0. The molecule has 3 rings (SSSR count).